The summed E-state index contributed by atoms with van der Waals surface area (Å²) in [7, 11) is 0. The summed E-state index contributed by atoms with van der Waals surface area (Å²) in [6, 6.07) is 8.64. The van der Waals surface area contributed by atoms with E-state index >= 15 is 0 Å². The number of hydrogen-bond acceptors (Lipinski definition) is 3. The fourth-order valence-electron chi connectivity index (χ4n) is 2.32. The van der Waals surface area contributed by atoms with Crippen LogP contribution in [0.15, 0.2) is 42.0 Å². The quantitative estimate of drug-likeness (QED) is 0.788. The number of thiophene rings is 1. The molecule has 0 radical (unpaired) electrons. The normalized spacial score (nSPS) is 13.2. The molecule has 3 nitrogen and oxygen atoms in total. The highest BCUT2D eigenvalue weighted by molar-refractivity contribution is 7.17. The van der Waals surface area contributed by atoms with Gasteiger partial charge in [0.15, 0.2) is 0 Å². The molecule has 0 aliphatic carbocycles. The molecule has 0 aliphatic rings. The van der Waals surface area contributed by atoms with Gasteiger partial charge in [0.2, 0.25) is 0 Å². The highest BCUT2D eigenvalue weighted by Gasteiger charge is 2.14. The molecule has 0 spiro atoms. The van der Waals surface area contributed by atoms with E-state index in [1.165, 1.54) is 15.6 Å². The lowest BCUT2D eigenvalue weighted by Crippen LogP contribution is -2.02. The van der Waals surface area contributed by atoms with Crippen LogP contribution >= 0.6 is 11.3 Å². The Bertz CT molecular complexity index is 714. The topological polar surface area (TPSA) is 38.0 Å². The zero-order valence-electron chi connectivity index (χ0n) is 11.7. The Hall–Kier alpha value is -1.65. The first kappa shape index (κ1) is 13.3. The van der Waals surface area contributed by atoms with Crippen LogP contribution in [-0.2, 0) is 6.42 Å². The van der Waals surface area contributed by atoms with Crippen LogP contribution in [0.3, 0.4) is 0 Å². The van der Waals surface area contributed by atoms with Crippen molar-refractivity contribution in [1.82, 2.24) is 9.78 Å². The van der Waals surface area contributed by atoms with Crippen molar-refractivity contribution in [3.63, 3.8) is 0 Å². The average molecular weight is 286 g/mol. The number of nitrogens with zero attached hydrogens (tertiary/aromatic N) is 2. The van der Waals surface area contributed by atoms with E-state index in [-0.39, 0.29) is 0 Å². The van der Waals surface area contributed by atoms with Crippen LogP contribution in [0.25, 0.3) is 10.1 Å². The Labute approximate surface area is 122 Å². The Morgan fingerprint density at radius 3 is 2.85 bits per heavy atom. The zero-order chi connectivity index (χ0) is 14.1. The molecule has 1 aromatic carbocycles. The van der Waals surface area contributed by atoms with Crippen molar-refractivity contribution in [2.45, 2.75) is 32.4 Å². The molecule has 0 saturated heterocycles. The fraction of sp³-hybridized carbons (Fsp3) is 0.312. The van der Waals surface area contributed by atoms with E-state index in [1.807, 2.05) is 23.0 Å². The van der Waals surface area contributed by atoms with Gasteiger partial charge in [-0.15, -0.1) is 11.3 Å². The molecule has 2 aromatic heterocycles. The van der Waals surface area contributed by atoms with Crippen molar-refractivity contribution in [2.75, 3.05) is 0 Å². The second-order valence-corrected chi connectivity index (χ2v) is 6.24. The van der Waals surface area contributed by atoms with Gasteiger partial charge in [-0.25, -0.2) is 0 Å². The molecule has 0 bridgehead atoms. The van der Waals surface area contributed by atoms with Crippen LogP contribution in [0.1, 0.15) is 37.1 Å². The number of aliphatic hydroxyl groups excluding tert-OH is 1. The van der Waals surface area contributed by atoms with Gasteiger partial charge in [0.1, 0.15) is 0 Å². The van der Waals surface area contributed by atoms with Crippen molar-refractivity contribution in [3.05, 3.63) is 53.2 Å². The number of fused-ring (bicyclic) bond motifs is 1. The molecule has 1 unspecified atom stereocenters. The summed E-state index contributed by atoms with van der Waals surface area (Å²) in [4.78, 5) is 0. The van der Waals surface area contributed by atoms with Gasteiger partial charge in [-0.3, -0.25) is 4.68 Å². The van der Waals surface area contributed by atoms with E-state index in [0.717, 1.165) is 5.56 Å². The third kappa shape index (κ3) is 2.49. The maximum atomic E-state index is 10.4. The minimum absolute atomic E-state index is 0.318. The van der Waals surface area contributed by atoms with Gasteiger partial charge >= 0.3 is 0 Å². The van der Waals surface area contributed by atoms with Gasteiger partial charge in [-0.1, -0.05) is 18.2 Å². The first-order valence-corrected chi connectivity index (χ1v) is 7.70. The van der Waals surface area contributed by atoms with Gasteiger partial charge in [0, 0.05) is 28.9 Å². The summed E-state index contributed by atoms with van der Waals surface area (Å²) >= 11 is 1.73. The standard InChI is InChI=1S/C16H18N2OS/c1-11(2)18-9-13(8-17-18)15(19)7-12-10-20-16-6-4-3-5-14(12)16/h3-6,8-11,15,19H,7H2,1-2H3. The van der Waals surface area contributed by atoms with E-state index in [2.05, 4.69) is 36.5 Å². The Morgan fingerprint density at radius 1 is 1.30 bits per heavy atom. The summed E-state index contributed by atoms with van der Waals surface area (Å²) in [6.45, 7) is 4.16. The van der Waals surface area contributed by atoms with Crippen molar-refractivity contribution >= 4 is 21.4 Å². The highest BCUT2D eigenvalue weighted by Crippen LogP contribution is 2.29. The Morgan fingerprint density at radius 2 is 2.10 bits per heavy atom. The molecule has 104 valence electrons. The van der Waals surface area contributed by atoms with Crippen LogP contribution in [0, 0.1) is 0 Å². The number of hydrogen-bond donors (Lipinski definition) is 1. The first-order chi connectivity index (χ1) is 9.65. The SMILES string of the molecule is CC(C)n1cc(C(O)Cc2csc3ccccc23)cn1. The number of aliphatic hydroxyl groups is 1. The van der Waals surface area contributed by atoms with Crippen molar-refractivity contribution < 1.29 is 5.11 Å². The molecule has 0 amide bonds. The summed E-state index contributed by atoms with van der Waals surface area (Å²) < 4.78 is 3.15. The monoisotopic (exact) mass is 286 g/mol. The number of benzene rings is 1. The van der Waals surface area contributed by atoms with E-state index in [9.17, 15) is 5.11 Å². The Balaban J connectivity index is 1.82. The summed E-state index contributed by atoms with van der Waals surface area (Å²) in [6.07, 6.45) is 3.83. The predicted octanol–water partition coefficient (Wildman–Crippen LogP) is 3.95. The van der Waals surface area contributed by atoms with Crippen LogP contribution in [-0.4, -0.2) is 14.9 Å². The first-order valence-electron chi connectivity index (χ1n) is 6.82. The zero-order valence-corrected chi connectivity index (χ0v) is 12.5. The lowest BCUT2D eigenvalue weighted by atomic mass is 10.0. The van der Waals surface area contributed by atoms with Gasteiger partial charge in [0.05, 0.1) is 12.3 Å². The Kier molecular flexibility index (Phi) is 3.59. The van der Waals surface area contributed by atoms with Crippen LogP contribution in [0.2, 0.25) is 0 Å². The lowest BCUT2D eigenvalue weighted by Gasteiger charge is -2.08. The average Bonchev–Trinajstić information content (AvgIpc) is 3.06. The lowest BCUT2D eigenvalue weighted by molar-refractivity contribution is 0.179. The van der Waals surface area contributed by atoms with E-state index in [4.69, 9.17) is 0 Å². The highest BCUT2D eigenvalue weighted by atomic mass is 32.1. The largest absolute Gasteiger partial charge is 0.388 e. The van der Waals surface area contributed by atoms with Crippen molar-refractivity contribution in [3.8, 4) is 0 Å². The molecule has 3 aromatic rings. The molecule has 0 fully saturated rings. The van der Waals surface area contributed by atoms with Gasteiger partial charge in [-0.05, 0) is 36.2 Å². The number of rotatable bonds is 4. The van der Waals surface area contributed by atoms with E-state index in [1.54, 1.807) is 17.5 Å². The van der Waals surface area contributed by atoms with Crippen LogP contribution in [0.5, 0.6) is 0 Å². The summed E-state index contributed by atoms with van der Waals surface area (Å²) in [5.41, 5.74) is 2.09. The van der Waals surface area contributed by atoms with Gasteiger partial charge in [0.25, 0.3) is 0 Å². The van der Waals surface area contributed by atoms with Crippen molar-refractivity contribution in [1.29, 1.82) is 0 Å². The predicted molar refractivity (Wildman–Crippen MR) is 83.1 cm³/mol. The van der Waals surface area contributed by atoms with E-state index in [0.29, 0.717) is 12.5 Å². The molecule has 20 heavy (non-hydrogen) atoms. The molecule has 1 N–H and O–H groups in total. The molecule has 0 saturated carbocycles. The molecule has 3 rings (SSSR count). The smallest absolute Gasteiger partial charge is 0.0861 e. The maximum absolute atomic E-state index is 10.4. The van der Waals surface area contributed by atoms with Gasteiger partial charge < -0.3 is 5.11 Å². The third-order valence-electron chi connectivity index (χ3n) is 3.51. The minimum atomic E-state index is -0.500. The van der Waals surface area contributed by atoms with Gasteiger partial charge in [-0.2, -0.15) is 5.10 Å². The fourth-order valence-corrected chi connectivity index (χ4v) is 3.30. The van der Waals surface area contributed by atoms with E-state index < -0.39 is 6.10 Å². The van der Waals surface area contributed by atoms with Crippen LogP contribution < -0.4 is 0 Å². The van der Waals surface area contributed by atoms with Crippen molar-refractivity contribution in [2.24, 2.45) is 0 Å². The minimum Gasteiger partial charge on any atom is -0.388 e. The molecule has 2 heterocycles. The molecule has 4 heteroatoms. The van der Waals surface area contributed by atoms with Crippen LogP contribution in [0.4, 0.5) is 0 Å². The molecular formula is C16H18N2OS. The second kappa shape index (κ2) is 5.38. The third-order valence-corrected chi connectivity index (χ3v) is 4.52. The summed E-state index contributed by atoms with van der Waals surface area (Å²) in [5.74, 6) is 0. The molecule has 0 aliphatic heterocycles. The maximum Gasteiger partial charge on any atom is 0.0861 e. The molecular weight excluding hydrogens is 268 g/mol. The number of aromatic nitrogens is 2. The molecule has 1 atom stereocenters. The second-order valence-electron chi connectivity index (χ2n) is 5.32. The summed E-state index contributed by atoms with van der Waals surface area (Å²) in [5, 5.41) is 18.1.